The largest absolute Gasteiger partial charge is 0.486 e. The Bertz CT molecular complexity index is 618. The number of ether oxygens (including phenoxy) is 3. The van der Waals surface area contributed by atoms with Crippen LogP contribution in [0.4, 0.5) is 0 Å². The predicted molar refractivity (Wildman–Crippen MR) is 70.1 cm³/mol. The van der Waals surface area contributed by atoms with E-state index in [1.165, 1.54) is 13.4 Å². The summed E-state index contributed by atoms with van der Waals surface area (Å²) in [7, 11) is 1.52. The van der Waals surface area contributed by atoms with Crippen LogP contribution in [0.25, 0.3) is 0 Å². The highest BCUT2D eigenvalue weighted by molar-refractivity contribution is 5.45. The van der Waals surface area contributed by atoms with Crippen molar-refractivity contribution in [3.63, 3.8) is 0 Å². The summed E-state index contributed by atoms with van der Waals surface area (Å²) >= 11 is 0. The van der Waals surface area contributed by atoms with Crippen molar-refractivity contribution in [1.82, 2.24) is 9.97 Å². The molecule has 1 aliphatic rings. The van der Waals surface area contributed by atoms with Gasteiger partial charge in [-0.25, -0.2) is 9.97 Å². The number of aliphatic hydroxyl groups is 1. The molecule has 3 rings (SSSR count). The molecule has 2 heterocycles. The second kappa shape index (κ2) is 5.34. The minimum atomic E-state index is -0.872. The average Bonchev–Trinajstić information content (AvgIpc) is 2.53. The van der Waals surface area contributed by atoms with Gasteiger partial charge in [-0.3, -0.25) is 0 Å². The van der Waals surface area contributed by atoms with Crippen molar-refractivity contribution in [3.05, 3.63) is 41.9 Å². The van der Waals surface area contributed by atoms with Crippen molar-refractivity contribution < 1.29 is 19.3 Å². The van der Waals surface area contributed by atoms with E-state index in [1.54, 1.807) is 24.3 Å². The first-order chi connectivity index (χ1) is 9.78. The maximum Gasteiger partial charge on any atom is 0.216 e. The summed E-state index contributed by atoms with van der Waals surface area (Å²) in [5.41, 5.74) is 1.14. The second-order valence-electron chi connectivity index (χ2n) is 4.29. The fraction of sp³-hybridized carbons (Fsp3) is 0.286. The van der Waals surface area contributed by atoms with Gasteiger partial charge in [0.05, 0.1) is 12.8 Å². The number of aliphatic hydroxyl groups excluding tert-OH is 1. The molecule has 104 valence electrons. The van der Waals surface area contributed by atoms with Gasteiger partial charge >= 0.3 is 0 Å². The highest BCUT2D eigenvalue weighted by Crippen LogP contribution is 2.34. The Morgan fingerprint density at radius 1 is 1.15 bits per heavy atom. The predicted octanol–water partition coefficient (Wildman–Crippen LogP) is 1.34. The molecule has 1 unspecified atom stereocenters. The standard InChI is InChI=1S/C14H14N2O4/c1-18-13-7-10(15-8-16-13)14(17)9-2-3-11-12(6-9)20-5-4-19-11/h2-3,6-8,14,17H,4-5H2,1H3. The smallest absolute Gasteiger partial charge is 0.216 e. The first-order valence-electron chi connectivity index (χ1n) is 6.21. The third-order valence-corrected chi connectivity index (χ3v) is 3.03. The van der Waals surface area contributed by atoms with E-state index in [1.807, 2.05) is 0 Å². The highest BCUT2D eigenvalue weighted by Gasteiger charge is 2.18. The number of methoxy groups -OCH3 is 1. The third kappa shape index (κ3) is 2.37. The normalized spacial score (nSPS) is 14.7. The molecule has 1 aliphatic heterocycles. The first-order valence-corrected chi connectivity index (χ1v) is 6.21. The molecule has 1 N–H and O–H groups in total. The molecule has 0 fully saturated rings. The van der Waals surface area contributed by atoms with Gasteiger partial charge < -0.3 is 19.3 Å². The molecule has 0 saturated carbocycles. The molecule has 0 saturated heterocycles. The SMILES string of the molecule is COc1cc(C(O)c2ccc3c(c2)OCCO3)ncn1. The summed E-state index contributed by atoms with van der Waals surface area (Å²) in [6.45, 7) is 1.05. The molecule has 2 aromatic rings. The molecule has 0 radical (unpaired) electrons. The molecule has 0 amide bonds. The summed E-state index contributed by atoms with van der Waals surface area (Å²) in [4.78, 5) is 7.98. The monoisotopic (exact) mass is 274 g/mol. The van der Waals surface area contributed by atoms with Gasteiger partial charge in [0.1, 0.15) is 25.6 Å². The van der Waals surface area contributed by atoms with E-state index in [0.717, 1.165) is 0 Å². The lowest BCUT2D eigenvalue weighted by Crippen LogP contribution is -2.15. The van der Waals surface area contributed by atoms with E-state index in [0.29, 0.717) is 41.9 Å². The van der Waals surface area contributed by atoms with Crippen molar-refractivity contribution in [1.29, 1.82) is 0 Å². The molecular formula is C14H14N2O4. The second-order valence-corrected chi connectivity index (χ2v) is 4.29. The average molecular weight is 274 g/mol. The third-order valence-electron chi connectivity index (χ3n) is 3.03. The summed E-state index contributed by atoms with van der Waals surface area (Å²) in [5.74, 6) is 1.73. The summed E-state index contributed by atoms with van der Waals surface area (Å²) in [5, 5.41) is 10.4. The molecule has 0 bridgehead atoms. The van der Waals surface area contributed by atoms with Crippen LogP contribution in [0.5, 0.6) is 17.4 Å². The van der Waals surface area contributed by atoms with E-state index >= 15 is 0 Å². The number of benzene rings is 1. The molecular weight excluding hydrogens is 260 g/mol. The van der Waals surface area contributed by atoms with Crippen molar-refractivity contribution in [2.75, 3.05) is 20.3 Å². The fourth-order valence-corrected chi connectivity index (χ4v) is 2.02. The molecule has 1 atom stereocenters. The van der Waals surface area contributed by atoms with Crippen LogP contribution in [0.1, 0.15) is 17.4 Å². The summed E-state index contributed by atoms with van der Waals surface area (Å²) in [6.07, 6.45) is 0.484. The van der Waals surface area contributed by atoms with Crippen molar-refractivity contribution in [3.8, 4) is 17.4 Å². The Kier molecular flexibility index (Phi) is 3.39. The lowest BCUT2D eigenvalue weighted by Gasteiger charge is -2.20. The van der Waals surface area contributed by atoms with Gasteiger partial charge in [0.15, 0.2) is 11.5 Å². The quantitative estimate of drug-likeness (QED) is 0.910. The van der Waals surface area contributed by atoms with E-state index < -0.39 is 6.10 Å². The van der Waals surface area contributed by atoms with Crippen LogP contribution < -0.4 is 14.2 Å². The van der Waals surface area contributed by atoms with Crippen LogP contribution in [0.2, 0.25) is 0 Å². The van der Waals surface area contributed by atoms with Crippen LogP contribution in [-0.2, 0) is 0 Å². The van der Waals surface area contributed by atoms with E-state index in [4.69, 9.17) is 14.2 Å². The fourth-order valence-electron chi connectivity index (χ4n) is 2.02. The number of fused-ring (bicyclic) bond motifs is 1. The topological polar surface area (TPSA) is 73.7 Å². The zero-order valence-electron chi connectivity index (χ0n) is 10.9. The molecule has 6 nitrogen and oxygen atoms in total. The number of hydrogen-bond acceptors (Lipinski definition) is 6. The van der Waals surface area contributed by atoms with Gasteiger partial charge in [-0.15, -0.1) is 0 Å². The van der Waals surface area contributed by atoms with Gasteiger partial charge in [-0.2, -0.15) is 0 Å². The molecule has 1 aromatic heterocycles. The van der Waals surface area contributed by atoms with Crippen LogP contribution in [0.3, 0.4) is 0 Å². The number of nitrogens with zero attached hydrogens (tertiary/aromatic N) is 2. The first kappa shape index (κ1) is 12.7. The summed E-state index contributed by atoms with van der Waals surface area (Å²) in [6, 6.07) is 6.92. The molecule has 0 spiro atoms. The lowest BCUT2D eigenvalue weighted by molar-refractivity contribution is 0.169. The minimum absolute atomic E-state index is 0.409. The van der Waals surface area contributed by atoms with Crippen molar-refractivity contribution in [2.24, 2.45) is 0 Å². The maximum absolute atomic E-state index is 10.4. The number of rotatable bonds is 3. The zero-order valence-corrected chi connectivity index (χ0v) is 10.9. The number of aromatic nitrogens is 2. The molecule has 6 heteroatoms. The van der Waals surface area contributed by atoms with Crippen molar-refractivity contribution >= 4 is 0 Å². The van der Waals surface area contributed by atoms with Crippen LogP contribution in [0, 0.1) is 0 Å². The Labute approximate surface area is 116 Å². The number of hydrogen-bond donors (Lipinski definition) is 1. The maximum atomic E-state index is 10.4. The summed E-state index contributed by atoms with van der Waals surface area (Å²) < 4.78 is 16.0. The van der Waals surface area contributed by atoms with Gasteiger partial charge in [0, 0.05) is 6.07 Å². The lowest BCUT2D eigenvalue weighted by atomic mass is 10.1. The van der Waals surface area contributed by atoms with Gasteiger partial charge in [0.25, 0.3) is 0 Å². The van der Waals surface area contributed by atoms with Crippen LogP contribution >= 0.6 is 0 Å². The van der Waals surface area contributed by atoms with E-state index in [-0.39, 0.29) is 0 Å². The Morgan fingerprint density at radius 2 is 1.95 bits per heavy atom. The van der Waals surface area contributed by atoms with Crippen LogP contribution in [0.15, 0.2) is 30.6 Å². The van der Waals surface area contributed by atoms with Crippen LogP contribution in [-0.4, -0.2) is 35.4 Å². The van der Waals surface area contributed by atoms with E-state index in [9.17, 15) is 5.11 Å². The highest BCUT2D eigenvalue weighted by atomic mass is 16.6. The van der Waals surface area contributed by atoms with Gasteiger partial charge in [-0.1, -0.05) is 6.07 Å². The molecule has 0 aliphatic carbocycles. The van der Waals surface area contributed by atoms with Gasteiger partial charge in [0.2, 0.25) is 5.88 Å². The van der Waals surface area contributed by atoms with Gasteiger partial charge in [-0.05, 0) is 17.7 Å². The zero-order chi connectivity index (χ0) is 13.9. The Balaban J connectivity index is 1.91. The van der Waals surface area contributed by atoms with E-state index in [2.05, 4.69) is 9.97 Å². The molecule has 1 aromatic carbocycles. The van der Waals surface area contributed by atoms with Crippen molar-refractivity contribution in [2.45, 2.75) is 6.10 Å². The Morgan fingerprint density at radius 3 is 2.75 bits per heavy atom. The minimum Gasteiger partial charge on any atom is -0.486 e. The Hall–Kier alpha value is -2.34. The molecule has 20 heavy (non-hydrogen) atoms.